The van der Waals surface area contributed by atoms with Gasteiger partial charge in [-0.2, -0.15) is 0 Å². The third-order valence-electron chi connectivity index (χ3n) is 2.97. The lowest BCUT2D eigenvalue weighted by molar-refractivity contribution is -0.117. The number of fused-ring (bicyclic) bond motifs is 1. The fourth-order valence-corrected chi connectivity index (χ4v) is 2.07. The molecule has 1 aliphatic heterocycles. The van der Waals surface area contributed by atoms with E-state index < -0.39 is 6.04 Å². The maximum absolute atomic E-state index is 13.1. The fourth-order valence-electron chi connectivity index (χ4n) is 2.07. The molecular formula is C14H19FN2O2. The molecule has 1 aromatic carbocycles. The van der Waals surface area contributed by atoms with Crippen molar-refractivity contribution in [3.05, 3.63) is 29.6 Å². The van der Waals surface area contributed by atoms with E-state index in [1.54, 1.807) is 6.07 Å². The molecule has 1 unspecified atom stereocenters. The first-order valence-corrected chi connectivity index (χ1v) is 6.53. The highest BCUT2D eigenvalue weighted by molar-refractivity contribution is 6.02. The normalized spacial score (nSPS) is 17.7. The van der Waals surface area contributed by atoms with E-state index in [1.165, 1.54) is 12.1 Å². The van der Waals surface area contributed by atoms with Crippen LogP contribution >= 0.6 is 0 Å². The first kappa shape index (κ1) is 14.0. The molecule has 104 valence electrons. The van der Waals surface area contributed by atoms with Crippen molar-refractivity contribution in [2.75, 3.05) is 18.5 Å². The maximum Gasteiger partial charge on any atom is 0.246 e. The predicted octanol–water partition coefficient (Wildman–Crippen LogP) is 2.22. The van der Waals surface area contributed by atoms with Crippen LogP contribution in [0, 0.1) is 5.82 Å². The first-order valence-electron chi connectivity index (χ1n) is 6.53. The number of ether oxygens (including phenoxy) is 1. The Bertz CT molecular complexity index is 463. The molecule has 1 heterocycles. The molecule has 4 nitrogen and oxygen atoms in total. The molecule has 2 rings (SSSR count). The molecule has 2 N–H and O–H groups in total. The lowest BCUT2D eigenvalue weighted by atomic mass is 10.1. The van der Waals surface area contributed by atoms with E-state index in [2.05, 4.69) is 10.6 Å². The van der Waals surface area contributed by atoms with E-state index in [0.717, 1.165) is 12.0 Å². The minimum Gasteiger partial charge on any atom is -0.379 e. The van der Waals surface area contributed by atoms with Crippen LogP contribution in [0.5, 0.6) is 0 Å². The van der Waals surface area contributed by atoms with Gasteiger partial charge in [0.1, 0.15) is 11.9 Å². The highest BCUT2D eigenvalue weighted by Crippen LogP contribution is 2.30. The molecule has 1 aliphatic rings. The van der Waals surface area contributed by atoms with E-state index in [0.29, 0.717) is 18.8 Å². The summed E-state index contributed by atoms with van der Waals surface area (Å²) in [7, 11) is 0. The smallest absolute Gasteiger partial charge is 0.246 e. The van der Waals surface area contributed by atoms with Crippen molar-refractivity contribution in [1.29, 1.82) is 0 Å². The van der Waals surface area contributed by atoms with Crippen LogP contribution in [0.4, 0.5) is 10.1 Å². The van der Waals surface area contributed by atoms with E-state index in [9.17, 15) is 9.18 Å². The summed E-state index contributed by atoms with van der Waals surface area (Å²) in [6.07, 6.45) is 1.05. The Morgan fingerprint density at radius 2 is 2.26 bits per heavy atom. The zero-order valence-corrected chi connectivity index (χ0v) is 11.2. The predicted molar refractivity (Wildman–Crippen MR) is 71.5 cm³/mol. The molecule has 19 heavy (non-hydrogen) atoms. The van der Waals surface area contributed by atoms with Gasteiger partial charge in [0.05, 0.1) is 6.10 Å². The van der Waals surface area contributed by atoms with E-state index in [-0.39, 0.29) is 17.8 Å². The molecular weight excluding hydrogens is 247 g/mol. The number of hydrogen-bond acceptors (Lipinski definition) is 3. The molecule has 0 saturated heterocycles. The van der Waals surface area contributed by atoms with Crippen molar-refractivity contribution in [2.24, 2.45) is 0 Å². The van der Waals surface area contributed by atoms with Gasteiger partial charge in [-0.05, 0) is 38.9 Å². The number of halogens is 1. The van der Waals surface area contributed by atoms with Crippen LogP contribution in [-0.4, -0.2) is 25.2 Å². The van der Waals surface area contributed by atoms with Gasteiger partial charge in [0, 0.05) is 17.9 Å². The second-order valence-electron chi connectivity index (χ2n) is 4.88. The Labute approximate surface area is 112 Å². The van der Waals surface area contributed by atoms with Crippen molar-refractivity contribution >= 4 is 11.6 Å². The molecule has 5 heteroatoms. The van der Waals surface area contributed by atoms with Crippen LogP contribution in [0.1, 0.15) is 31.9 Å². The Morgan fingerprint density at radius 3 is 3.00 bits per heavy atom. The number of hydrogen-bond donors (Lipinski definition) is 2. The van der Waals surface area contributed by atoms with Crippen LogP contribution in [0.2, 0.25) is 0 Å². The minimum absolute atomic E-state index is 0.134. The lowest BCUT2D eigenvalue weighted by Gasteiger charge is -2.12. The van der Waals surface area contributed by atoms with Crippen molar-refractivity contribution in [2.45, 2.75) is 32.4 Å². The number of carbonyl (C=O) groups is 1. The largest absolute Gasteiger partial charge is 0.379 e. The van der Waals surface area contributed by atoms with Crippen LogP contribution in [0.15, 0.2) is 18.2 Å². The highest BCUT2D eigenvalue weighted by atomic mass is 19.1. The summed E-state index contributed by atoms with van der Waals surface area (Å²) in [5.41, 5.74) is 1.36. The second kappa shape index (κ2) is 6.12. The van der Waals surface area contributed by atoms with Gasteiger partial charge in [-0.15, -0.1) is 0 Å². The minimum atomic E-state index is -0.394. The third-order valence-corrected chi connectivity index (χ3v) is 2.97. The second-order valence-corrected chi connectivity index (χ2v) is 4.88. The molecule has 0 bridgehead atoms. The summed E-state index contributed by atoms with van der Waals surface area (Å²) in [6.45, 7) is 5.32. The summed E-state index contributed by atoms with van der Waals surface area (Å²) in [6, 6.07) is 3.96. The summed E-state index contributed by atoms with van der Waals surface area (Å²) in [5.74, 6) is -0.476. The molecule has 0 saturated carbocycles. The fraction of sp³-hybridized carbons (Fsp3) is 0.500. The zero-order chi connectivity index (χ0) is 13.8. The molecule has 0 aromatic heterocycles. The Balaban J connectivity index is 1.86. The summed E-state index contributed by atoms with van der Waals surface area (Å²) in [4.78, 5) is 11.8. The van der Waals surface area contributed by atoms with Crippen LogP contribution in [0.25, 0.3) is 0 Å². The number of benzene rings is 1. The number of carbonyl (C=O) groups excluding carboxylic acids is 1. The van der Waals surface area contributed by atoms with E-state index in [1.807, 2.05) is 13.8 Å². The third kappa shape index (κ3) is 3.52. The summed E-state index contributed by atoms with van der Waals surface area (Å²) < 4.78 is 18.5. The van der Waals surface area contributed by atoms with Gasteiger partial charge >= 0.3 is 0 Å². The lowest BCUT2D eigenvalue weighted by Crippen LogP contribution is -2.29. The average molecular weight is 266 g/mol. The zero-order valence-electron chi connectivity index (χ0n) is 11.2. The van der Waals surface area contributed by atoms with E-state index >= 15 is 0 Å². The van der Waals surface area contributed by atoms with Gasteiger partial charge in [-0.25, -0.2) is 4.39 Å². The van der Waals surface area contributed by atoms with Gasteiger partial charge < -0.3 is 15.4 Å². The maximum atomic E-state index is 13.1. The van der Waals surface area contributed by atoms with Gasteiger partial charge in [0.15, 0.2) is 0 Å². The number of nitrogens with one attached hydrogen (secondary N) is 2. The molecule has 0 radical (unpaired) electrons. The average Bonchev–Trinajstić information content (AvgIpc) is 2.64. The number of amides is 1. The number of rotatable bonds is 6. The Kier molecular flexibility index (Phi) is 4.50. The highest BCUT2D eigenvalue weighted by Gasteiger charge is 2.29. The van der Waals surface area contributed by atoms with Gasteiger partial charge in [-0.3, -0.25) is 4.79 Å². The monoisotopic (exact) mass is 266 g/mol. The molecule has 1 amide bonds. The van der Waals surface area contributed by atoms with Crippen molar-refractivity contribution in [3.63, 3.8) is 0 Å². The van der Waals surface area contributed by atoms with E-state index in [4.69, 9.17) is 4.74 Å². The van der Waals surface area contributed by atoms with Crippen molar-refractivity contribution in [1.82, 2.24) is 5.32 Å². The van der Waals surface area contributed by atoms with Gasteiger partial charge in [0.25, 0.3) is 0 Å². The van der Waals surface area contributed by atoms with Crippen LogP contribution in [0.3, 0.4) is 0 Å². The van der Waals surface area contributed by atoms with Crippen LogP contribution < -0.4 is 10.6 Å². The van der Waals surface area contributed by atoms with Gasteiger partial charge in [0.2, 0.25) is 5.91 Å². The molecule has 0 spiro atoms. The quantitative estimate of drug-likeness (QED) is 0.776. The molecule has 0 fully saturated rings. The van der Waals surface area contributed by atoms with Crippen LogP contribution in [-0.2, 0) is 9.53 Å². The SMILES string of the molecule is CC(C)OCCCNC1C(=O)Nc2cc(F)ccc21. The summed E-state index contributed by atoms with van der Waals surface area (Å²) in [5, 5.41) is 5.84. The molecule has 0 aliphatic carbocycles. The number of anilines is 1. The molecule has 1 atom stereocenters. The van der Waals surface area contributed by atoms with Gasteiger partial charge in [-0.1, -0.05) is 6.07 Å². The van der Waals surface area contributed by atoms with Crippen molar-refractivity contribution < 1.29 is 13.9 Å². The summed E-state index contributed by atoms with van der Waals surface area (Å²) >= 11 is 0. The first-order chi connectivity index (χ1) is 9.08. The Hall–Kier alpha value is -1.46. The molecule has 1 aromatic rings. The van der Waals surface area contributed by atoms with Crippen molar-refractivity contribution in [3.8, 4) is 0 Å². The standard InChI is InChI=1S/C14H19FN2O2/c1-9(2)19-7-3-6-16-13-11-5-4-10(15)8-12(11)17-14(13)18/h4-5,8-9,13,16H,3,6-7H2,1-2H3,(H,17,18). The topological polar surface area (TPSA) is 50.4 Å². The Morgan fingerprint density at radius 1 is 1.47 bits per heavy atom.